The van der Waals surface area contributed by atoms with Crippen LogP contribution in [0.1, 0.15) is 25.3 Å². The lowest BCUT2D eigenvalue weighted by Gasteiger charge is -2.37. The minimum Gasteiger partial charge on any atom is -0.481 e. The molecule has 0 saturated heterocycles. The summed E-state index contributed by atoms with van der Waals surface area (Å²) in [6.07, 6.45) is 6.75. The highest BCUT2D eigenvalue weighted by atomic mass is 19.1. The number of carboxylic acids is 2. The van der Waals surface area contributed by atoms with E-state index in [1.54, 1.807) is 0 Å². The smallest absolute Gasteiger partial charge is 0.322 e. The van der Waals surface area contributed by atoms with E-state index in [-0.39, 0.29) is 12.8 Å². The molecule has 0 radical (unpaired) electrons. The second-order valence-electron chi connectivity index (χ2n) is 5.78. The summed E-state index contributed by atoms with van der Waals surface area (Å²) in [4.78, 5) is 23.2. The lowest BCUT2D eigenvalue weighted by atomic mass is 9.63. The standard InChI is InChI=1S/C17H15FO4/c1-3-17(15(21)22)9-12(8-16(2,10-17)14(19)20)11-4-6-13(18)7-5-11/h1,4-8H,9-10H2,2H3,(H,19,20)(H,21,22). The van der Waals surface area contributed by atoms with Crippen LogP contribution in [-0.4, -0.2) is 22.2 Å². The molecule has 2 unspecified atom stereocenters. The zero-order valence-corrected chi connectivity index (χ0v) is 12.0. The van der Waals surface area contributed by atoms with Crippen molar-refractivity contribution in [2.45, 2.75) is 19.8 Å². The quantitative estimate of drug-likeness (QED) is 0.842. The Kier molecular flexibility index (Phi) is 3.80. The maximum atomic E-state index is 13.0. The number of carboxylic acid groups (broad SMARTS) is 2. The molecular weight excluding hydrogens is 287 g/mol. The number of hydrogen-bond donors (Lipinski definition) is 2. The molecule has 0 amide bonds. The Hall–Kier alpha value is -2.61. The van der Waals surface area contributed by atoms with Crippen molar-refractivity contribution in [2.75, 3.05) is 0 Å². The lowest BCUT2D eigenvalue weighted by molar-refractivity contribution is -0.152. The van der Waals surface area contributed by atoms with Crippen LogP contribution in [0, 0.1) is 29.0 Å². The van der Waals surface area contributed by atoms with E-state index in [2.05, 4.69) is 5.92 Å². The predicted molar refractivity (Wildman–Crippen MR) is 78.3 cm³/mol. The molecule has 1 aromatic rings. The second-order valence-corrected chi connectivity index (χ2v) is 5.78. The fraction of sp³-hybridized carbons (Fsp3) is 0.294. The third kappa shape index (κ3) is 2.60. The first-order valence-corrected chi connectivity index (χ1v) is 6.65. The summed E-state index contributed by atoms with van der Waals surface area (Å²) in [6, 6.07) is 5.44. The maximum absolute atomic E-state index is 13.0. The summed E-state index contributed by atoms with van der Waals surface area (Å²) in [5, 5.41) is 18.9. The van der Waals surface area contributed by atoms with E-state index in [1.165, 1.54) is 37.3 Å². The van der Waals surface area contributed by atoms with E-state index in [4.69, 9.17) is 6.42 Å². The molecule has 2 N–H and O–H groups in total. The molecule has 5 heteroatoms. The van der Waals surface area contributed by atoms with Gasteiger partial charge >= 0.3 is 11.9 Å². The van der Waals surface area contributed by atoms with Gasteiger partial charge in [-0.15, -0.1) is 6.42 Å². The van der Waals surface area contributed by atoms with E-state index in [9.17, 15) is 24.2 Å². The van der Waals surface area contributed by atoms with E-state index in [0.717, 1.165) is 0 Å². The lowest BCUT2D eigenvalue weighted by Crippen LogP contribution is -2.42. The van der Waals surface area contributed by atoms with Crippen LogP contribution in [0.15, 0.2) is 30.3 Å². The van der Waals surface area contributed by atoms with Gasteiger partial charge < -0.3 is 10.2 Å². The summed E-state index contributed by atoms with van der Waals surface area (Å²) in [5.74, 6) is -0.540. The van der Waals surface area contributed by atoms with Gasteiger partial charge in [-0.1, -0.05) is 24.1 Å². The number of terminal acetylenes is 1. The Balaban J connectivity index is 2.59. The highest BCUT2D eigenvalue weighted by Gasteiger charge is 2.50. The highest BCUT2D eigenvalue weighted by Crippen LogP contribution is 2.48. The van der Waals surface area contributed by atoms with E-state index in [1.807, 2.05) is 0 Å². The van der Waals surface area contributed by atoms with Gasteiger partial charge in [-0.3, -0.25) is 9.59 Å². The molecule has 2 atom stereocenters. The predicted octanol–water partition coefficient (Wildman–Crippen LogP) is 2.80. The zero-order valence-electron chi connectivity index (χ0n) is 12.0. The van der Waals surface area contributed by atoms with Crippen molar-refractivity contribution in [1.29, 1.82) is 0 Å². The van der Waals surface area contributed by atoms with Crippen molar-refractivity contribution in [3.63, 3.8) is 0 Å². The van der Waals surface area contributed by atoms with Gasteiger partial charge in [0.2, 0.25) is 0 Å². The van der Waals surface area contributed by atoms with Crippen molar-refractivity contribution < 1.29 is 24.2 Å². The Morgan fingerprint density at radius 1 is 1.23 bits per heavy atom. The molecule has 1 aliphatic rings. The van der Waals surface area contributed by atoms with Gasteiger partial charge in [0.25, 0.3) is 0 Å². The molecule has 0 saturated carbocycles. The molecule has 0 heterocycles. The Morgan fingerprint density at radius 2 is 1.82 bits per heavy atom. The molecule has 0 fully saturated rings. The van der Waals surface area contributed by atoms with Crippen molar-refractivity contribution in [3.05, 3.63) is 41.7 Å². The third-order valence-corrected chi connectivity index (χ3v) is 4.04. The number of aliphatic carboxylic acids is 2. The van der Waals surface area contributed by atoms with Crippen LogP contribution in [0.4, 0.5) is 4.39 Å². The van der Waals surface area contributed by atoms with Gasteiger partial charge in [-0.05, 0) is 43.0 Å². The molecule has 0 spiro atoms. The highest BCUT2D eigenvalue weighted by molar-refractivity contribution is 5.89. The van der Waals surface area contributed by atoms with E-state index < -0.39 is 28.6 Å². The number of halogens is 1. The molecule has 22 heavy (non-hydrogen) atoms. The number of benzene rings is 1. The van der Waals surface area contributed by atoms with Crippen LogP contribution in [-0.2, 0) is 9.59 Å². The summed E-state index contributed by atoms with van der Waals surface area (Å²) >= 11 is 0. The normalized spacial score (nSPS) is 27.6. The first-order valence-electron chi connectivity index (χ1n) is 6.65. The van der Waals surface area contributed by atoms with Crippen molar-refractivity contribution in [3.8, 4) is 12.3 Å². The summed E-state index contributed by atoms with van der Waals surface area (Å²) in [5.41, 5.74) is -1.93. The topological polar surface area (TPSA) is 74.6 Å². The average molecular weight is 302 g/mol. The second kappa shape index (κ2) is 5.30. The van der Waals surface area contributed by atoms with Gasteiger partial charge in [0.05, 0.1) is 5.41 Å². The molecule has 2 rings (SSSR count). The Morgan fingerprint density at radius 3 is 2.27 bits per heavy atom. The van der Waals surface area contributed by atoms with Gasteiger partial charge in [-0.25, -0.2) is 4.39 Å². The van der Waals surface area contributed by atoms with Crippen molar-refractivity contribution >= 4 is 17.5 Å². The van der Waals surface area contributed by atoms with Crippen LogP contribution in [0.2, 0.25) is 0 Å². The summed E-state index contributed by atoms with van der Waals surface area (Å²) in [7, 11) is 0. The van der Waals surface area contributed by atoms with Crippen molar-refractivity contribution in [2.24, 2.45) is 10.8 Å². The molecule has 0 aromatic heterocycles. The SMILES string of the molecule is C#CC1(C(=O)O)CC(c2ccc(F)cc2)=CC(C)(C(=O)O)C1. The van der Waals surface area contributed by atoms with Crippen molar-refractivity contribution in [1.82, 2.24) is 0 Å². The fourth-order valence-corrected chi connectivity index (χ4v) is 2.80. The number of carbonyl (C=O) groups is 2. The molecule has 0 bridgehead atoms. The summed E-state index contributed by atoms with van der Waals surface area (Å²) < 4.78 is 13.0. The average Bonchev–Trinajstić information content (AvgIpc) is 2.47. The number of allylic oxidation sites excluding steroid dienone is 1. The van der Waals surface area contributed by atoms with Gasteiger partial charge in [0.1, 0.15) is 11.2 Å². The Bertz CT molecular complexity index is 698. The minimum absolute atomic E-state index is 0.00728. The van der Waals surface area contributed by atoms with Crippen LogP contribution >= 0.6 is 0 Å². The Labute approximate surface area is 127 Å². The van der Waals surface area contributed by atoms with Gasteiger partial charge in [-0.2, -0.15) is 0 Å². The fourth-order valence-electron chi connectivity index (χ4n) is 2.80. The molecule has 1 aliphatic carbocycles. The van der Waals surface area contributed by atoms with E-state index in [0.29, 0.717) is 11.1 Å². The van der Waals surface area contributed by atoms with Gasteiger partial charge in [0.15, 0.2) is 0 Å². The number of rotatable bonds is 3. The van der Waals surface area contributed by atoms with Crippen LogP contribution in [0.3, 0.4) is 0 Å². The first-order chi connectivity index (χ1) is 10.2. The van der Waals surface area contributed by atoms with Crippen LogP contribution in [0.25, 0.3) is 5.57 Å². The third-order valence-electron chi connectivity index (χ3n) is 4.04. The molecule has 1 aromatic carbocycles. The summed E-state index contributed by atoms with van der Waals surface area (Å²) in [6.45, 7) is 1.44. The monoisotopic (exact) mass is 302 g/mol. The largest absolute Gasteiger partial charge is 0.481 e. The first kappa shape index (κ1) is 15.8. The number of hydrogen-bond acceptors (Lipinski definition) is 2. The zero-order chi connectivity index (χ0) is 16.5. The minimum atomic E-state index is -1.59. The van der Waals surface area contributed by atoms with Crippen LogP contribution < -0.4 is 0 Å². The molecular formula is C17H15FO4. The molecule has 4 nitrogen and oxygen atoms in total. The maximum Gasteiger partial charge on any atom is 0.322 e. The molecule has 0 aliphatic heterocycles. The van der Waals surface area contributed by atoms with Gasteiger partial charge in [0, 0.05) is 0 Å². The van der Waals surface area contributed by atoms with E-state index >= 15 is 0 Å². The molecule has 114 valence electrons. The van der Waals surface area contributed by atoms with Crippen LogP contribution in [0.5, 0.6) is 0 Å².